The van der Waals surface area contributed by atoms with Gasteiger partial charge < -0.3 is 19.8 Å². The molecule has 1 aliphatic rings. The Balaban J connectivity index is 1.37. The van der Waals surface area contributed by atoms with E-state index in [-0.39, 0.29) is 24.9 Å². The Morgan fingerprint density at radius 1 is 1.09 bits per heavy atom. The molecule has 180 valence electrons. The van der Waals surface area contributed by atoms with E-state index in [2.05, 4.69) is 34.5 Å². The van der Waals surface area contributed by atoms with Crippen LogP contribution >= 0.6 is 0 Å². The van der Waals surface area contributed by atoms with Crippen molar-refractivity contribution in [2.75, 3.05) is 13.1 Å². The van der Waals surface area contributed by atoms with Gasteiger partial charge in [0.25, 0.3) is 0 Å². The first kappa shape index (κ1) is 24.7. The summed E-state index contributed by atoms with van der Waals surface area (Å²) >= 11 is 0. The van der Waals surface area contributed by atoms with Crippen molar-refractivity contribution >= 4 is 12.0 Å². The highest BCUT2D eigenvalue weighted by atomic mass is 16.5. The molecule has 0 unspecified atom stereocenters. The fraction of sp³-hybridized carbons (Fsp3) is 0.600. The van der Waals surface area contributed by atoms with Gasteiger partial charge in [-0.2, -0.15) is 4.98 Å². The highest BCUT2D eigenvalue weighted by Crippen LogP contribution is 2.19. The topological polar surface area (TPSA) is 109 Å². The van der Waals surface area contributed by atoms with Gasteiger partial charge in [0.05, 0.1) is 12.5 Å². The second-order valence-electron chi connectivity index (χ2n) is 8.87. The lowest BCUT2D eigenvalue weighted by Gasteiger charge is -2.11. The Hall–Kier alpha value is -2.90. The van der Waals surface area contributed by atoms with Gasteiger partial charge >= 0.3 is 6.09 Å². The third-order valence-corrected chi connectivity index (χ3v) is 6.24. The van der Waals surface area contributed by atoms with Crippen molar-refractivity contribution in [2.45, 2.75) is 77.7 Å². The molecule has 0 spiro atoms. The molecule has 2 N–H and O–H groups in total. The molecule has 0 radical (unpaired) electrons. The van der Waals surface area contributed by atoms with E-state index in [1.807, 2.05) is 12.1 Å². The van der Waals surface area contributed by atoms with E-state index < -0.39 is 6.09 Å². The number of aromatic nitrogens is 2. The first-order chi connectivity index (χ1) is 16.1. The molecule has 2 amide bonds. The molecule has 0 saturated carbocycles. The van der Waals surface area contributed by atoms with Crippen LogP contribution in [0.2, 0.25) is 0 Å². The lowest BCUT2D eigenvalue weighted by molar-refractivity contribution is -0.124. The van der Waals surface area contributed by atoms with Crippen LogP contribution in [0, 0.1) is 5.92 Å². The first-order valence-electron chi connectivity index (χ1n) is 12.2. The second-order valence-corrected chi connectivity index (χ2v) is 8.87. The van der Waals surface area contributed by atoms with E-state index in [4.69, 9.17) is 9.63 Å². The number of nitrogens with one attached hydrogen (secondary N) is 1. The van der Waals surface area contributed by atoms with E-state index in [0.29, 0.717) is 24.7 Å². The molecule has 1 atom stereocenters. The molecule has 2 aromatic rings. The fourth-order valence-electron chi connectivity index (χ4n) is 4.18. The lowest BCUT2D eigenvalue weighted by atomic mass is 10.0. The Bertz CT molecular complexity index is 881. The Morgan fingerprint density at radius 3 is 2.45 bits per heavy atom. The average molecular weight is 457 g/mol. The quantitative estimate of drug-likeness (QED) is 0.409. The molecule has 1 aromatic carbocycles. The molecule has 3 rings (SSSR count). The summed E-state index contributed by atoms with van der Waals surface area (Å²) in [5.41, 5.74) is 2.19. The largest absolute Gasteiger partial charge is 0.465 e. The van der Waals surface area contributed by atoms with Gasteiger partial charge in [-0.1, -0.05) is 81.3 Å². The zero-order valence-electron chi connectivity index (χ0n) is 19.6. The van der Waals surface area contributed by atoms with E-state index in [1.54, 1.807) is 0 Å². The molecule has 1 aliphatic heterocycles. The Kier molecular flexibility index (Phi) is 9.72. The smallest absolute Gasteiger partial charge is 0.407 e. The SMILES string of the molecule is CCCCCCCCCCc1ccc(-c2noc(CNC(=O)[C@H]3CCN(C(=O)O)C3)n2)cc1. The molecule has 0 aliphatic carbocycles. The van der Waals surface area contributed by atoms with Gasteiger partial charge in [0, 0.05) is 18.7 Å². The van der Waals surface area contributed by atoms with Crippen LogP contribution in [0.15, 0.2) is 28.8 Å². The third-order valence-electron chi connectivity index (χ3n) is 6.24. The van der Waals surface area contributed by atoms with Crippen LogP contribution < -0.4 is 5.32 Å². The van der Waals surface area contributed by atoms with Crippen molar-refractivity contribution in [1.82, 2.24) is 20.4 Å². The lowest BCUT2D eigenvalue weighted by Crippen LogP contribution is -2.33. The number of carbonyl (C=O) groups excluding carboxylic acids is 1. The van der Waals surface area contributed by atoms with Gasteiger partial charge in [0.1, 0.15) is 0 Å². The third kappa shape index (κ3) is 7.87. The minimum absolute atomic E-state index is 0.131. The number of rotatable bonds is 13. The number of hydrogen-bond donors (Lipinski definition) is 2. The summed E-state index contributed by atoms with van der Waals surface area (Å²) < 4.78 is 5.27. The summed E-state index contributed by atoms with van der Waals surface area (Å²) in [5, 5.41) is 15.8. The summed E-state index contributed by atoms with van der Waals surface area (Å²) in [6.07, 6.45) is 11.2. The highest BCUT2D eigenvalue weighted by Gasteiger charge is 2.30. The maximum Gasteiger partial charge on any atom is 0.407 e. The summed E-state index contributed by atoms with van der Waals surface area (Å²) in [7, 11) is 0. The number of unbranched alkanes of at least 4 members (excludes halogenated alkanes) is 7. The van der Waals surface area contributed by atoms with E-state index in [1.165, 1.54) is 61.8 Å². The average Bonchev–Trinajstić information content (AvgIpc) is 3.50. The van der Waals surface area contributed by atoms with Gasteiger partial charge in [-0.25, -0.2) is 4.79 Å². The van der Waals surface area contributed by atoms with E-state index in [0.717, 1.165) is 12.0 Å². The van der Waals surface area contributed by atoms with Crippen molar-refractivity contribution in [1.29, 1.82) is 0 Å². The normalized spacial score (nSPS) is 15.7. The predicted octanol–water partition coefficient (Wildman–Crippen LogP) is 5.04. The second kappa shape index (κ2) is 13.0. The Labute approximate surface area is 195 Å². The standard InChI is InChI=1S/C25H36N4O4/c1-2-3-4-5-6-7-8-9-10-19-11-13-20(14-12-19)23-27-22(33-28-23)17-26-24(30)21-15-16-29(18-21)25(31)32/h11-14,21H,2-10,15-18H2,1H3,(H,26,30)(H,31,32)/t21-/m0/s1. The number of benzene rings is 1. The van der Waals surface area contributed by atoms with Gasteiger partial charge in [0.15, 0.2) is 0 Å². The van der Waals surface area contributed by atoms with Crippen LogP contribution in [-0.4, -0.2) is 45.2 Å². The predicted molar refractivity (Wildman–Crippen MR) is 126 cm³/mol. The zero-order valence-corrected chi connectivity index (χ0v) is 19.6. The Morgan fingerprint density at radius 2 is 1.79 bits per heavy atom. The number of carboxylic acid groups (broad SMARTS) is 1. The first-order valence-corrected chi connectivity index (χ1v) is 12.2. The van der Waals surface area contributed by atoms with Crippen molar-refractivity contribution in [3.8, 4) is 11.4 Å². The number of nitrogens with zero attached hydrogens (tertiary/aromatic N) is 3. The monoisotopic (exact) mass is 456 g/mol. The number of likely N-dealkylation sites (tertiary alicyclic amines) is 1. The van der Waals surface area contributed by atoms with Crippen LogP contribution in [0.5, 0.6) is 0 Å². The maximum absolute atomic E-state index is 12.3. The van der Waals surface area contributed by atoms with E-state index >= 15 is 0 Å². The fourth-order valence-corrected chi connectivity index (χ4v) is 4.18. The number of amides is 2. The van der Waals surface area contributed by atoms with Crippen molar-refractivity contribution < 1.29 is 19.2 Å². The van der Waals surface area contributed by atoms with Crippen molar-refractivity contribution in [3.05, 3.63) is 35.7 Å². The number of hydrogen-bond acceptors (Lipinski definition) is 5. The molecule has 8 heteroatoms. The molecule has 0 bridgehead atoms. The molecule has 2 heterocycles. The molecule has 8 nitrogen and oxygen atoms in total. The zero-order chi connectivity index (χ0) is 23.5. The summed E-state index contributed by atoms with van der Waals surface area (Å²) in [6.45, 7) is 2.99. The maximum atomic E-state index is 12.3. The van der Waals surface area contributed by atoms with Crippen molar-refractivity contribution in [3.63, 3.8) is 0 Å². The van der Waals surface area contributed by atoms with Crippen LogP contribution in [0.1, 0.15) is 76.2 Å². The summed E-state index contributed by atoms with van der Waals surface area (Å²) in [4.78, 5) is 28.9. The molecule has 1 fully saturated rings. The van der Waals surface area contributed by atoms with Gasteiger partial charge in [-0.3, -0.25) is 4.79 Å². The molecular weight excluding hydrogens is 420 g/mol. The van der Waals surface area contributed by atoms with Gasteiger partial charge in [-0.15, -0.1) is 0 Å². The molecule has 1 aromatic heterocycles. The molecule has 33 heavy (non-hydrogen) atoms. The van der Waals surface area contributed by atoms with Crippen LogP contribution in [0.25, 0.3) is 11.4 Å². The molecular formula is C25H36N4O4. The van der Waals surface area contributed by atoms with Crippen molar-refractivity contribution in [2.24, 2.45) is 5.92 Å². The van der Waals surface area contributed by atoms with Crippen LogP contribution in [0.4, 0.5) is 4.79 Å². The van der Waals surface area contributed by atoms with E-state index in [9.17, 15) is 9.59 Å². The summed E-state index contributed by atoms with van der Waals surface area (Å²) in [5.74, 6) is 0.297. The number of aryl methyl sites for hydroxylation is 1. The van der Waals surface area contributed by atoms with Gasteiger partial charge in [0.2, 0.25) is 17.6 Å². The minimum atomic E-state index is -0.990. The van der Waals surface area contributed by atoms with Crippen LogP contribution in [0.3, 0.4) is 0 Å². The van der Waals surface area contributed by atoms with Crippen LogP contribution in [-0.2, 0) is 17.8 Å². The minimum Gasteiger partial charge on any atom is -0.465 e. The molecule has 1 saturated heterocycles. The summed E-state index contributed by atoms with van der Waals surface area (Å²) in [6, 6.07) is 8.24. The number of carbonyl (C=O) groups is 2. The highest BCUT2D eigenvalue weighted by molar-refractivity contribution is 5.80. The van der Waals surface area contributed by atoms with Gasteiger partial charge in [-0.05, 0) is 24.8 Å².